The minimum absolute atomic E-state index is 0.308. The molecular weight excluding hydrogens is 334 g/mol. The first-order chi connectivity index (χ1) is 12.9. The van der Waals surface area contributed by atoms with Crippen LogP contribution in [0.3, 0.4) is 0 Å². The van der Waals surface area contributed by atoms with Gasteiger partial charge in [-0.1, -0.05) is 35.9 Å². The number of aromatic carboxylic acids is 1. The predicted molar refractivity (Wildman–Crippen MR) is 109 cm³/mol. The molecule has 0 aliphatic heterocycles. The Morgan fingerprint density at radius 1 is 1.04 bits per heavy atom. The predicted octanol–water partition coefficient (Wildman–Crippen LogP) is 4.26. The molecule has 2 aromatic rings. The molecule has 0 fully saturated rings. The summed E-state index contributed by atoms with van der Waals surface area (Å²) in [5.74, 6) is -0.901. The summed E-state index contributed by atoms with van der Waals surface area (Å²) < 4.78 is 2.12. The Morgan fingerprint density at radius 2 is 1.78 bits per heavy atom. The van der Waals surface area contributed by atoms with Gasteiger partial charge in [0.2, 0.25) is 0 Å². The van der Waals surface area contributed by atoms with Crippen LogP contribution in [-0.4, -0.2) is 35.5 Å². The number of nitrogens with zero attached hydrogens (tertiary/aromatic N) is 1. The van der Waals surface area contributed by atoms with Crippen molar-refractivity contribution in [1.29, 1.82) is 0 Å². The second-order valence-electron chi connectivity index (χ2n) is 7.33. The molecule has 3 heteroatoms. The molecule has 134 valence electrons. The Morgan fingerprint density at radius 3 is 2.44 bits per heavy atom. The van der Waals surface area contributed by atoms with Gasteiger partial charge < -0.3 is 5.11 Å². The fourth-order valence-corrected chi connectivity index (χ4v) is 3.80. The SMILES string of the molecule is Cc1ccc2c(c1)CC1=CC(=[N+](C)C)C=CC1=C2c1ccc(C(=O)O)cc1. The van der Waals surface area contributed by atoms with Crippen LogP contribution in [0.25, 0.3) is 5.57 Å². The lowest BCUT2D eigenvalue weighted by Gasteiger charge is -2.26. The van der Waals surface area contributed by atoms with Crippen molar-refractivity contribution in [2.45, 2.75) is 13.3 Å². The van der Waals surface area contributed by atoms with Crippen molar-refractivity contribution in [3.63, 3.8) is 0 Å². The van der Waals surface area contributed by atoms with E-state index in [1.165, 1.54) is 39.1 Å². The zero-order valence-corrected chi connectivity index (χ0v) is 15.8. The summed E-state index contributed by atoms with van der Waals surface area (Å²) in [6.45, 7) is 2.12. The van der Waals surface area contributed by atoms with Gasteiger partial charge in [0.05, 0.1) is 5.56 Å². The highest BCUT2D eigenvalue weighted by Crippen LogP contribution is 2.40. The molecular formula is C24H22NO2+. The molecule has 0 aromatic heterocycles. The van der Waals surface area contributed by atoms with E-state index >= 15 is 0 Å². The Hall–Kier alpha value is -3.20. The maximum absolute atomic E-state index is 11.2. The van der Waals surface area contributed by atoms with Crippen molar-refractivity contribution in [3.05, 3.63) is 99.7 Å². The summed E-state index contributed by atoms with van der Waals surface area (Å²) in [7, 11) is 4.11. The van der Waals surface area contributed by atoms with Crippen LogP contribution in [0.15, 0.2) is 71.8 Å². The highest BCUT2D eigenvalue weighted by molar-refractivity contribution is 6.06. The smallest absolute Gasteiger partial charge is 0.335 e. The van der Waals surface area contributed by atoms with Gasteiger partial charge >= 0.3 is 5.97 Å². The van der Waals surface area contributed by atoms with Gasteiger partial charge in [0.15, 0.2) is 5.71 Å². The van der Waals surface area contributed by atoms with Gasteiger partial charge in [-0.15, -0.1) is 0 Å². The Kier molecular flexibility index (Phi) is 4.15. The van der Waals surface area contributed by atoms with E-state index in [1.807, 2.05) is 12.1 Å². The molecule has 0 radical (unpaired) electrons. The summed E-state index contributed by atoms with van der Waals surface area (Å²) in [4.78, 5) is 11.2. The summed E-state index contributed by atoms with van der Waals surface area (Å²) in [5, 5.41) is 9.20. The van der Waals surface area contributed by atoms with E-state index < -0.39 is 5.97 Å². The molecule has 3 nitrogen and oxygen atoms in total. The molecule has 2 aliphatic rings. The second kappa shape index (κ2) is 6.51. The van der Waals surface area contributed by atoms with Gasteiger partial charge in [-0.05, 0) is 65.0 Å². The minimum Gasteiger partial charge on any atom is -0.478 e. The lowest BCUT2D eigenvalue weighted by molar-refractivity contribution is -0.462. The van der Waals surface area contributed by atoms with Crippen LogP contribution >= 0.6 is 0 Å². The summed E-state index contributed by atoms with van der Waals surface area (Å²) in [5.41, 5.74) is 10.0. The van der Waals surface area contributed by atoms with Gasteiger partial charge in [-0.25, -0.2) is 9.37 Å². The van der Waals surface area contributed by atoms with Crippen LogP contribution in [0.2, 0.25) is 0 Å². The third kappa shape index (κ3) is 3.06. The Labute approximate surface area is 159 Å². The number of hydrogen-bond acceptors (Lipinski definition) is 1. The van der Waals surface area contributed by atoms with Crippen molar-refractivity contribution in [3.8, 4) is 0 Å². The monoisotopic (exact) mass is 356 g/mol. The molecule has 0 bridgehead atoms. The lowest BCUT2D eigenvalue weighted by Crippen LogP contribution is -2.16. The number of carboxylic acid groups (broad SMARTS) is 1. The molecule has 2 aromatic carbocycles. The number of carbonyl (C=O) groups is 1. The largest absolute Gasteiger partial charge is 0.478 e. The highest BCUT2D eigenvalue weighted by Gasteiger charge is 2.25. The van der Waals surface area contributed by atoms with Crippen molar-refractivity contribution in [2.24, 2.45) is 0 Å². The van der Waals surface area contributed by atoms with Crippen molar-refractivity contribution in [1.82, 2.24) is 0 Å². The average molecular weight is 356 g/mol. The van der Waals surface area contributed by atoms with Crippen LogP contribution in [0.1, 0.15) is 32.6 Å². The fraction of sp³-hybridized carbons (Fsp3) is 0.167. The number of hydrogen-bond donors (Lipinski definition) is 1. The first kappa shape index (κ1) is 17.2. The first-order valence-corrected chi connectivity index (χ1v) is 9.05. The number of allylic oxidation sites excluding steroid dienone is 5. The molecule has 27 heavy (non-hydrogen) atoms. The van der Waals surface area contributed by atoms with E-state index in [4.69, 9.17) is 0 Å². The lowest BCUT2D eigenvalue weighted by atomic mass is 9.77. The van der Waals surface area contributed by atoms with Gasteiger partial charge in [0.1, 0.15) is 14.1 Å². The number of fused-ring (bicyclic) bond motifs is 2. The fourth-order valence-electron chi connectivity index (χ4n) is 3.80. The van der Waals surface area contributed by atoms with Gasteiger partial charge in [0, 0.05) is 12.2 Å². The zero-order chi connectivity index (χ0) is 19.1. The normalized spacial score (nSPS) is 15.2. The van der Waals surface area contributed by atoms with Gasteiger partial charge in [-0.3, -0.25) is 0 Å². The third-order valence-corrected chi connectivity index (χ3v) is 5.21. The van der Waals surface area contributed by atoms with Crippen molar-refractivity contribution in [2.75, 3.05) is 14.1 Å². The summed E-state index contributed by atoms with van der Waals surface area (Å²) >= 11 is 0. The number of benzene rings is 2. The molecule has 0 atom stereocenters. The summed E-state index contributed by atoms with van der Waals surface area (Å²) in [6, 6.07) is 13.8. The number of carboxylic acids is 1. The van der Waals surface area contributed by atoms with E-state index in [-0.39, 0.29) is 0 Å². The molecule has 0 amide bonds. The van der Waals surface area contributed by atoms with E-state index in [0.29, 0.717) is 5.56 Å². The average Bonchev–Trinajstić information content (AvgIpc) is 2.65. The Balaban J connectivity index is 1.95. The van der Waals surface area contributed by atoms with Crippen LogP contribution in [0, 0.1) is 6.92 Å². The second-order valence-corrected chi connectivity index (χ2v) is 7.33. The maximum atomic E-state index is 11.2. The third-order valence-electron chi connectivity index (χ3n) is 5.21. The molecule has 2 aliphatic carbocycles. The zero-order valence-electron chi connectivity index (χ0n) is 15.8. The van der Waals surface area contributed by atoms with Crippen LogP contribution < -0.4 is 0 Å². The standard InChI is InChI=1S/C24H21NO2/c1-15-4-10-21-18(12-15)13-19-14-20(25(2)3)9-11-22(19)23(21)16-5-7-17(8-6-16)24(26)27/h4-12,14H,13H2,1-3H3/p+1. The Bertz CT molecular complexity index is 1080. The van der Waals surface area contributed by atoms with E-state index in [9.17, 15) is 9.90 Å². The van der Waals surface area contributed by atoms with Gasteiger partial charge in [-0.2, -0.15) is 0 Å². The van der Waals surface area contributed by atoms with Gasteiger partial charge in [0.25, 0.3) is 0 Å². The highest BCUT2D eigenvalue weighted by atomic mass is 16.4. The molecule has 0 saturated heterocycles. The van der Waals surface area contributed by atoms with Crippen molar-refractivity contribution >= 4 is 17.3 Å². The van der Waals surface area contributed by atoms with E-state index in [1.54, 1.807) is 12.1 Å². The molecule has 4 rings (SSSR count). The molecule has 1 N–H and O–H groups in total. The van der Waals surface area contributed by atoms with E-state index in [2.05, 4.69) is 62.0 Å². The quantitative estimate of drug-likeness (QED) is 0.817. The number of aryl methyl sites for hydroxylation is 1. The minimum atomic E-state index is -0.901. The molecule has 0 spiro atoms. The first-order valence-electron chi connectivity index (χ1n) is 9.05. The summed E-state index contributed by atoms with van der Waals surface area (Å²) in [6.07, 6.45) is 7.49. The van der Waals surface area contributed by atoms with Crippen molar-refractivity contribution < 1.29 is 14.5 Å². The van der Waals surface area contributed by atoms with Crippen LogP contribution in [0.5, 0.6) is 0 Å². The molecule has 0 saturated carbocycles. The maximum Gasteiger partial charge on any atom is 0.335 e. The topological polar surface area (TPSA) is 40.3 Å². The number of rotatable bonds is 2. The van der Waals surface area contributed by atoms with E-state index in [0.717, 1.165) is 12.0 Å². The molecule has 0 unspecified atom stereocenters. The van der Waals surface area contributed by atoms with Crippen LogP contribution in [0.4, 0.5) is 0 Å². The van der Waals surface area contributed by atoms with Crippen LogP contribution in [-0.2, 0) is 6.42 Å². The molecule has 0 heterocycles.